The van der Waals surface area contributed by atoms with Crippen LogP contribution in [-0.2, 0) is 4.74 Å². The van der Waals surface area contributed by atoms with Gasteiger partial charge in [-0.25, -0.2) is 4.79 Å². The summed E-state index contributed by atoms with van der Waals surface area (Å²) < 4.78 is 5.17. The molecule has 122 valence electrons. The smallest absolute Gasteiger partial charge is 0.407 e. The maximum atomic E-state index is 11.5. The fourth-order valence-corrected chi connectivity index (χ4v) is 2.22. The van der Waals surface area contributed by atoms with Crippen LogP contribution in [0.25, 0.3) is 0 Å². The minimum atomic E-state index is -0.466. The molecule has 3 N–H and O–H groups in total. The van der Waals surface area contributed by atoms with Gasteiger partial charge in [0.05, 0.1) is 6.54 Å². The van der Waals surface area contributed by atoms with E-state index in [0.29, 0.717) is 19.1 Å². The lowest BCUT2D eigenvalue weighted by Gasteiger charge is -2.19. The van der Waals surface area contributed by atoms with Gasteiger partial charge in [-0.1, -0.05) is 12.8 Å². The van der Waals surface area contributed by atoms with Crippen molar-refractivity contribution in [1.29, 1.82) is 0 Å². The molecule has 0 bridgehead atoms. The van der Waals surface area contributed by atoms with Crippen LogP contribution in [0.5, 0.6) is 0 Å². The fourth-order valence-electron chi connectivity index (χ4n) is 2.22. The number of nitrogens with zero attached hydrogens (tertiary/aromatic N) is 1. The van der Waals surface area contributed by atoms with Gasteiger partial charge in [-0.15, -0.1) is 0 Å². The van der Waals surface area contributed by atoms with Crippen LogP contribution in [0.4, 0.5) is 4.79 Å². The molecule has 6 nitrogen and oxygen atoms in total. The molecule has 1 aliphatic rings. The third-order valence-corrected chi connectivity index (χ3v) is 3.09. The lowest BCUT2D eigenvalue weighted by molar-refractivity contribution is 0.0529. The van der Waals surface area contributed by atoms with E-state index in [1.807, 2.05) is 27.7 Å². The number of alkyl carbamates (subject to hydrolysis) is 1. The second-order valence-electron chi connectivity index (χ2n) is 6.32. The van der Waals surface area contributed by atoms with E-state index in [2.05, 4.69) is 20.9 Å². The molecule has 0 spiro atoms. The molecule has 0 aromatic rings. The number of hydrogen-bond donors (Lipinski definition) is 3. The zero-order valence-electron chi connectivity index (χ0n) is 13.8. The first-order valence-corrected chi connectivity index (χ1v) is 7.92. The Morgan fingerprint density at radius 1 is 1.24 bits per heavy atom. The van der Waals surface area contributed by atoms with E-state index >= 15 is 0 Å². The summed E-state index contributed by atoms with van der Waals surface area (Å²) in [6.45, 7) is 9.42. The Balaban J connectivity index is 2.28. The molecule has 21 heavy (non-hydrogen) atoms. The van der Waals surface area contributed by atoms with Crippen molar-refractivity contribution in [2.24, 2.45) is 4.99 Å². The van der Waals surface area contributed by atoms with Crippen LogP contribution < -0.4 is 16.0 Å². The van der Waals surface area contributed by atoms with E-state index in [4.69, 9.17) is 4.74 Å². The van der Waals surface area contributed by atoms with Gasteiger partial charge >= 0.3 is 6.09 Å². The SMILES string of the molecule is CCNC(=NCCNC(=O)OC(C)(C)C)NC1CCCC1. The van der Waals surface area contributed by atoms with Gasteiger partial charge in [0.25, 0.3) is 0 Å². The van der Waals surface area contributed by atoms with E-state index in [0.717, 1.165) is 12.5 Å². The monoisotopic (exact) mass is 298 g/mol. The minimum absolute atomic E-state index is 0.397. The number of aliphatic imine (C=N–C) groups is 1. The highest BCUT2D eigenvalue weighted by Gasteiger charge is 2.16. The number of hydrogen-bond acceptors (Lipinski definition) is 3. The number of rotatable bonds is 5. The van der Waals surface area contributed by atoms with Gasteiger partial charge in [0.15, 0.2) is 5.96 Å². The second-order valence-corrected chi connectivity index (χ2v) is 6.32. The van der Waals surface area contributed by atoms with Crippen molar-refractivity contribution in [3.63, 3.8) is 0 Å². The standard InChI is InChI=1S/C15H30N4O2/c1-5-16-13(19-12-8-6-7-9-12)17-10-11-18-14(20)21-15(2,3)4/h12H,5-11H2,1-4H3,(H,18,20)(H2,16,17,19). The largest absolute Gasteiger partial charge is 0.444 e. The summed E-state index contributed by atoms with van der Waals surface area (Å²) in [5.74, 6) is 0.829. The molecule has 6 heteroatoms. The van der Waals surface area contributed by atoms with Crippen LogP contribution in [0.15, 0.2) is 4.99 Å². The Morgan fingerprint density at radius 3 is 2.48 bits per heavy atom. The summed E-state index contributed by atoms with van der Waals surface area (Å²) in [6, 6.07) is 0.529. The number of amides is 1. The van der Waals surface area contributed by atoms with Gasteiger partial charge in [0, 0.05) is 19.1 Å². The van der Waals surface area contributed by atoms with Gasteiger partial charge in [0.1, 0.15) is 5.60 Å². The molecule has 0 atom stereocenters. The minimum Gasteiger partial charge on any atom is -0.444 e. The van der Waals surface area contributed by atoms with Crippen LogP contribution in [0.1, 0.15) is 53.4 Å². The molecule has 0 saturated heterocycles. The van der Waals surface area contributed by atoms with Crippen LogP contribution in [0.3, 0.4) is 0 Å². The molecular formula is C15H30N4O2. The van der Waals surface area contributed by atoms with Crippen molar-refractivity contribution < 1.29 is 9.53 Å². The summed E-state index contributed by atoms with van der Waals surface area (Å²) in [6.07, 6.45) is 4.60. The Labute approximate surface area is 128 Å². The molecular weight excluding hydrogens is 268 g/mol. The number of ether oxygens (including phenoxy) is 1. The highest BCUT2D eigenvalue weighted by molar-refractivity contribution is 5.80. The van der Waals surface area contributed by atoms with Crippen LogP contribution in [-0.4, -0.2) is 43.3 Å². The summed E-state index contributed by atoms with van der Waals surface area (Å²) >= 11 is 0. The molecule has 1 saturated carbocycles. The van der Waals surface area contributed by atoms with Crippen molar-refractivity contribution in [1.82, 2.24) is 16.0 Å². The summed E-state index contributed by atoms with van der Waals surface area (Å²) in [7, 11) is 0. The van der Waals surface area contributed by atoms with Gasteiger partial charge in [-0.2, -0.15) is 0 Å². The summed E-state index contributed by atoms with van der Waals surface area (Å²) in [5.41, 5.74) is -0.466. The number of nitrogens with one attached hydrogen (secondary N) is 3. The fraction of sp³-hybridized carbons (Fsp3) is 0.867. The molecule has 0 aromatic carbocycles. The molecule has 1 rings (SSSR count). The average Bonchev–Trinajstić information content (AvgIpc) is 2.85. The van der Waals surface area contributed by atoms with Gasteiger partial charge in [-0.05, 0) is 40.5 Å². The first-order valence-electron chi connectivity index (χ1n) is 7.92. The third kappa shape index (κ3) is 8.42. The van der Waals surface area contributed by atoms with Gasteiger partial charge < -0.3 is 20.7 Å². The quantitative estimate of drug-likeness (QED) is 0.412. The molecule has 0 heterocycles. The van der Waals surface area contributed by atoms with Crippen molar-refractivity contribution in [2.75, 3.05) is 19.6 Å². The molecule has 1 aliphatic carbocycles. The maximum absolute atomic E-state index is 11.5. The average molecular weight is 298 g/mol. The number of carbonyl (C=O) groups excluding carboxylic acids is 1. The highest BCUT2D eigenvalue weighted by atomic mass is 16.6. The van der Waals surface area contributed by atoms with Crippen molar-refractivity contribution in [2.45, 2.75) is 65.0 Å². The predicted molar refractivity (Wildman–Crippen MR) is 85.6 cm³/mol. The number of carbonyl (C=O) groups is 1. The zero-order chi connectivity index (χ0) is 15.7. The van der Waals surface area contributed by atoms with E-state index in [1.165, 1.54) is 25.7 Å². The summed E-state index contributed by atoms with van der Waals surface area (Å²) in [5, 5.41) is 9.38. The topological polar surface area (TPSA) is 74.8 Å². The normalized spacial score (nSPS) is 16.7. The molecule has 1 fully saturated rings. The van der Waals surface area contributed by atoms with Gasteiger partial charge in [-0.3, -0.25) is 4.99 Å². The highest BCUT2D eigenvalue weighted by Crippen LogP contribution is 2.17. The molecule has 0 aliphatic heterocycles. The predicted octanol–water partition coefficient (Wildman–Crippen LogP) is 2.01. The second kappa shape index (κ2) is 8.74. The molecule has 0 unspecified atom stereocenters. The Morgan fingerprint density at radius 2 is 1.90 bits per heavy atom. The third-order valence-electron chi connectivity index (χ3n) is 3.09. The lowest BCUT2D eigenvalue weighted by Crippen LogP contribution is -2.42. The van der Waals surface area contributed by atoms with E-state index in [-0.39, 0.29) is 0 Å². The molecule has 0 radical (unpaired) electrons. The Kier molecular flexibility index (Phi) is 7.32. The van der Waals surface area contributed by atoms with Crippen molar-refractivity contribution >= 4 is 12.1 Å². The Hall–Kier alpha value is -1.46. The maximum Gasteiger partial charge on any atom is 0.407 e. The first kappa shape index (κ1) is 17.6. The zero-order valence-corrected chi connectivity index (χ0v) is 13.8. The van der Waals surface area contributed by atoms with E-state index in [9.17, 15) is 4.79 Å². The summed E-state index contributed by atoms with van der Waals surface area (Å²) in [4.78, 5) is 16.0. The lowest BCUT2D eigenvalue weighted by atomic mass is 10.2. The van der Waals surface area contributed by atoms with Crippen LogP contribution in [0, 0.1) is 0 Å². The molecule has 1 amide bonds. The van der Waals surface area contributed by atoms with E-state index in [1.54, 1.807) is 0 Å². The van der Waals surface area contributed by atoms with Crippen LogP contribution >= 0.6 is 0 Å². The number of guanidine groups is 1. The van der Waals surface area contributed by atoms with Crippen molar-refractivity contribution in [3.05, 3.63) is 0 Å². The first-order chi connectivity index (χ1) is 9.90. The Bertz CT molecular complexity index is 344. The van der Waals surface area contributed by atoms with Crippen molar-refractivity contribution in [3.8, 4) is 0 Å². The van der Waals surface area contributed by atoms with E-state index < -0.39 is 11.7 Å². The molecule has 0 aromatic heterocycles. The van der Waals surface area contributed by atoms with Gasteiger partial charge in [0.2, 0.25) is 0 Å². The van der Waals surface area contributed by atoms with Crippen LogP contribution in [0.2, 0.25) is 0 Å².